The minimum absolute atomic E-state index is 0.203. The van der Waals surface area contributed by atoms with E-state index in [1.165, 1.54) is 5.56 Å². The summed E-state index contributed by atoms with van der Waals surface area (Å²) in [5.41, 5.74) is 1.38. The second kappa shape index (κ2) is 6.03. The van der Waals surface area contributed by atoms with Crippen LogP contribution in [0, 0.1) is 5.41 Å². The lowest BCUT2D eigenvalue weighted by atomic mass is 9.88. The number of rotatable bonds is 5. The molecule has 1 heterocycles. The largest absolute Gasteiger partial charge is 0.373 e. The first-order valence-corrected chi connectivity index (χ1v) is 6.68. The molecule has 1 unspecified atom stereocenters. The highest BCUT2D eigenvalue weighted by Gasteiger charge is 2.21. The van der Waals surface area contributed by atoms with E-state index in [2.05, 4.69) is 55.2 Å². The van der Waals surface area contributed by atoms with Crippen LogP contribution in [0.2, 0.25) is 0 Å². The van der Waals surface area contributed by atoms with Crippen LogP contribution in [0.3, 0.4) is 0 Å². The first-order valence-electron chi connectivity index (χ1n) is 6.68. The number of aromatic nitrogens is 2. The summed E-state index contributed by atoms with van der Waals surface area (Å²) in [6, 6.07) is 0.354. The van der Waals surface area contributed by atoms with Gasteiger partial charge in [0, 0.05) is 18.7 Å². The van der Waals surface area contributed by atoms with Gasteiger partial charge in [0.05, 0.1) is 0 Å². The van der Waals surface area contributed by atoms with E-state index in [0.29, 0.717) is 6.04 Å². The van der Waals surface area contributed by atoms with Crippen molar-refractivity contribution in [2.45, 2.75) is 53.5 Å². The molecule has 0 fully saturated rings. The summed E-state index contributed by atoms with van der Waals surface area (Å²) >= 11 is 0. The molecule has 1 aromatic rings. The Bertz CT molecular complexity index is 382. The fourth-order valence-corrected chi connectivity index (χ4v) is 1.66. The molecule has 0 aliphatic rings. The number of hydrogen-bond acceptors (Lipinski definition) is 4. The van der Waals surface area contributed by atoms with Crippen LogP contribution < -0.4 is 10.6 Å². The molecule has 0 saturated heterocycles. The average Bonchev–Trinajstić information content (AvgIpc) is 2.30. The van der Waals surface area contributed by atoms with Gasteiger partial charge in [-0.05, 0) is 18.8 Å². The molecule has 0 spiro atoms. The maximum atomic E-state index is 4.40. The Balaban J connectivity index is 3.01. The summed E-state index contributed by atoms with van der Waals surface area (Å²) in [5, 5.41) is 6.66. The van der Waals surface area contributed by atoms with Crippen molar-refractivity contribution in [2.24, 2.45) is 5.41 Å². The molecule has 2 N–H and O–H groups in total. The van der Waals surface area contributed by atoms with Crippen molar-refractivity contribution in [3.8, 4) is 0 Å². The summed E-state index contributed by atoms with van der Waals surface area (Å²) in [4.78, 5) is 8.68. The maximum absolute atomic E-state index is 4.40. The lowest BCUT2D eigenvalue weighted by Crippen LogP contribution is -2.31. The molecule has 0 bridgehead atoms. The van der Waals surface area contributed by atoms with Crippen LogP contribution in [0.4, 0.5) is 11.6 Å². The van der Waals surface area contributed by atoms with Gasteiger partial charge in [-0.1, -0.05) is 34.1 Å². The molecule has 18 heavy (non-hydrogen) atoms. The standard InChI is InChI=1S/C14H26N4/c1-7-8-11-12(15-6)16-9-17-13(11)18-10(2)14(3,4)5/h9-10H,7-8H2,1-6H3,(H2,15,16,17,18). The molecular weight excluding hydrogens is 224 g/mol. The van der Waals surface area contributed by atoms with Crippen LogP contribution in [0.1, 0.15) is 46.6 Å². The zero-order valence-electron chi connectivity index (χ0n) is 12.5. The first kappa shape index (κ1) is 14.7. The van der Waals surface area contributed by atoms with Gasteiger partial charge in [0.25, 0.3) is 0 Å². The molecule has 0 saturated carbocycles. The van der Waals surface area contributed by atoms with Crippen molar-refractivity contribution in [3.05, 3.63) is 11.9 Å². The molecule has 0 aromatic carbocycles. The van der Waals surface area contributed by atoms with Crippen LogP contribution >= 0.6 is 0 Å². The Morgan fingerprint density at radius 3 is 2.33 bits per heavy atom. The van der Waals surface area contributed by atoms with Crippen molar-refractivity contribution < 1.29 is 0 Å². The van der Waals surface area contributed by atoms with Gasteiger partial charge in [-0.3, -0.25) is 0 Å². The van der Waals surface area contributed by atoms with Crippen molar-refractivity contribution in [1.82, 2.24) is 9.97 Å². The minimum atomic E-state index is 0.203. The van der Waals surface area contributed by atoms with Crippen LogP contribution in [0.15, 0.2) is 6.33 Å². The van der Waals surface area contributed by atoms with E-state index in [1.54, 1.807) is 6.33 Å². The average molecular weight is 250 g/mol. The molecule has 102 valence electrons. The van der Waals surface area contributed by atoms with Gasteiger partial charge < -0.3 is 10.6 Å². The number of hydrogen-bond donors (Lipinski definition) is 2. The monoisotopic (exact) mass is 250 g/mol. The summed E-state index contributed by atoms with van der Waals surface area (Å²) in [6.07, 6.45) is 3.68. The van der Waals surface area contributed by atoms with E-state index in [9.17, 15) is 0 Å². The molecule has 0 amide bonds. The lowest BCUT2D eigenvalue weighted by Gasteiger charge is -2.29. The molecule has 4 heteroatoms. The Morgan fingerprint density at radius 2 is 1.83 bits per heavy atom. The fraction of sp³-hybridized carbons (Fsp3) is 0.714. The third kappa shape index (κ3) is 3.59. The summed E-state index contributed by atoms with van der Waals surface area (Å²) in [5.74, 6) is 1.88. The van der Waals surface area contributed by atoms with E-state index in [4.69, 9.17) is 0 Å². The molecule has 0 aliphatic carbocycles. The second-order valence-corrected chi connectivity index (χ2v) is 5.78. The summed E-state index contributed by atoms with van der Waals surface area (Å²) in [6.45, 7) is 11.0. The number of anilines is 2. The predicted molar refractivity (Wildman–Crippen MR) is 78.1 cm³/mol. The smallest absolute Gasteiger partial charge is 0.134 e. The van der Waals surface area contributed by atoms with Crippen molar-refractivity contribution >= 4 is 11.6 Å². The Morgan fingerprint density at radius 1 is 1.22 bits per heavy atom. The van der Waals surface area contributed by atoms with Crippen LogP contribution in [0.5, 0.6) is 0 Å². The van der Waals surface area contributed by atoms with Crippen LogP contribution in [-0.2, 0) is 6.42 Å². The lowest BCUT2D eigenvalue weighted by molar-refractivity contribution is 0.358. The normalized spacial score (nSPS) is 13.2. The molecule has 1 aromatic heterocycles. The molecule has 0 aliphatic heterocycles. The zero-order chi connectivity index (χ0) is 13.8. The maximum Gasteiger partial charge on any atom is 0.134 e. The molecule has 1 rings (SSSR count). The highest BCUT2D eigenvalue weighted by molar-refractivity contribution is 5.57. The van der Waals surface area contributed by atoms with Gasteiger partial charge in [0.2, 0.25) is 0 Å². The van der Waals surface area contributed by atoms with E-state index in [0.717, 1.165) is 24.5 Å². The van der Waals surface area contributed by atoms with Gasteiger partial charge in [-0.15, -0.1) is 0 Å². The van der Waals surface area contributed by atoms with Gasteiger partial charge in [-0.25, -0.2) is 9.97 Å². The third-order valence-corrected chi connectivity index (χ3v) is 3.33. The van der Waals surface area contributed by atoms with E-state index in [1.807, 2.05) is 7.05 Å². The minimum Gasteiger partial charge on any atom is -0.373 e. The van der Waals surface area contributed by atoms with Gasteiger partial charge in [0.1, 0.15) is 18.0 Å². The molecular formula is C14H26N4. The number of nitrogens with one attached hydrogen (secondary N) is 2. The molecule has 4 nitrogen and oxygen atoms in total. The SMILES string of the molecule is CCCc1c(NC)ncnc1NC(C)C(C)(C)C. The highest BCUT2D eigenvalue weighted by Crippen LogP contribution is 2.26. The first-order chi connectivity index (χ1) is 8.40. The summed E-state index contributed by atoms with van der Waals surface area (Å²) in [7, 11) is 1.90. The van der Waals surface area contributed by atoms with Gasteiger partial charge >= 0.3 is 0 Å². The fourth-order valence-electron chi connectivity index (χ4n) is 1.66. The zero-order valence-corrected chi connectivity index (χ0v) is 12.5. The second-order valence-electron chi connectivity index (χ2n) is 5.78. The predicted octanol–water partition coefficient (Wildman–Crippen LogP) is 3.32. The van der Waals surface area contributed by atoms with E-state index < -0.39 is 0 Å². The Kier molecular flexibility index (Phi) is 4.93. The van der Waals surface area contributed by atoms with Crippen molar-refractivity contribution in [3.63, 3.8) is 0 Å². The van der Waals surface area contributed by atoms with Gasteiger partial charge in [-0.2, -0.15) is 0 Å². The number of nitrogens with zero attached hydrogens (tertiary/aromatic N) is 2. The van der Waals surface area contributed by atoms with Gasteiger partial charge in [0.15, 0.2) is 0 Å². The Labute approximate surface area is 111 Å². The topological polar surface area (TPSA) is 49.8 Å². The third-order valence-electron chi connectivity index (χ3n) is 3.33. The van der Waals surface area contributed by atoms with Crippen LogP contribution in [0.25, 0.3) is 0 Å². The molecule has 1 atom stereocenters. The van der Waals surface area contributed by atoms with Crippen molar-refractivity contribution in [2.75, 3.05) is 17.7 Å². The summed E-state index contributed by atoms with van der Waals surface area (Å²) < 4.78 is 0. The Hall–Kier alpha value is -1.32. The van der Waals surface area contributed by atoms with Crippen molar-refractivity contribution in [1.29, 1.82) is 0 Å². The van der Waals surface area contributed by atoms with E-state index in [-0.39, 0.29) is 5.41 Å². The molecule has 0 radical (unpaired) electrons. The highest BCUT2D eigenvalue weighted by atomic mass is 15.1. The van der Waals surface area contributed by atoms with E-state index >= 15 is 0 Å². The quantitative estimate of drug-likeness (QED) is 0.841. The van der Waals surface area contributed by atoms with Crippen LogP contribution in [-0.4, -0.2) is 23.1 Å².